The van der Waals surface area contributed by atoms with Gasteiger partial charge in [-0.15, -0.1) is 0 Å². The van der Waals surface area contributed by atoms with Crippen molar-refractivity contribution in [2.45, 2.75) is 10.8 Å². The Morgan fingerprint density at radius 3 is 1.46 bits per heavy atom. The van der Waals surface area contributed by atoms with Crippen molar-refractivity contribution in [1.29, 1.82) is 0 Å². The van der Waals surface area contributed by atoms with E-state index < -0.39 is 40.4 Å². The highest BCUT2D eigenvalue weighted by Gasteiger charge is 2.82. The van der Waals surface area contributed by atoms with Crippen molar-refractivity contribution in [3.8, 4) is 0 Å². The first-order chi connectivity index (χ1) is 23.4. The predicted octanol–water partition coefficient (Wildman–Crippen LogP) is 7.32. The molecule has 2 fully saturated rings. The first-order valence-corrected chi connectivity index (χ1v) is 16.0. The van der Waals surface area contributed by atoms with E-state index in [1.807, 2.05) is 121 Å². The third-order valence-electron chi connectivity index (χ3n) is 10.2. The Labute approximate surface area is 282 Å². The van der Waals surface area contributed by atoms with Gasteiger partial charge in [-0.2, -0.15) is 0 Å². The van der Waals surface area contributed by atoms with Gasteiger partial charge in [0.05, 0.1) is 46.0 Å². The predicted molar refractivity (Wildman–Crippen MR) is 183 cm³/mol. The summed E-state index contributed by atoms with van der Waals surface area (Å²) in [6, 6.07) is 42.5. The first-order valence-electron chi connectivity index (χ1n) is 15.7. The topological polar surface area (TPSA) is 80.8 Å². The number of amides is 2. The van der Waals surface area contributed by atoms with E-state index in [1.54, 1.807) is 6.07 Å². The van der Waals surface area contributed by atoms with E-state index in [0.29, 0.717) is 22.3 Å². The van der Waals surface area contributed by atoms with Gasteiger partial charge >= 0.3 is 5.97 Å². The van der Waals surface area contributed by atoms with Gasteiger partial charge in [0.2, 0.25) is 11.8 Å². The van der Waals surface area contributed by atoms with Crippen LogP contribution < -0.4 is 4.90 Å². The normalized spacial score (nSPS) is 24.3. The number of hydrogen-bond donors (Lipinski definition) is 0. The molecule has 0 N–H and O–H groups in total. The summed E-state index contributed by atoms with van der Waals surface area (Å²) in [6.45, 7) is 0. The molecule has 8 rings (SSSR count). The third-order valence-corrected chi connectivity index (χ3v) is 10.5. The summed E-state index contributed by atoms with van der Waals surface area (Å²) >= 11 is 6.36. The first kappa shape index (κ1) is 29.8. The van der Waals surface area contributed by atoms with Crippen LogP contribution in [0.2, 0.25) is 5.02 Å². The van der Waals surface area contributed by atoms with Gasteiger partial charge in [0.15, 0.2) is 5.78 Å². The number of ketones is 1. The molecule has 0 aromatic heterocycles. The number of carbonyl (C=O) groups excluding carboxylic acids is 4. The number of nitrogens with zero attached hydrogens (tertiary/aromatic N) is 1. The maximum Gasteiger partial charge on any atom is 0.339 e. The average Bonchev–Trinajstić information content (AvgIpc) is 3.65. The van der Waals surface area contributed by atoms with Gasteiger partial charge in [-0.1, -0.05) is 133 Å². The number of benzene rings is 5. The number of fused-ring (bicyclic) bond motifs is 5. The molecule has 1 saturated carbocycles. The lowest BCUT2D eigenvalue weighted by atomic mass is 9.59. The van der Waals surface area contributed by atoms with Crippen LogP contribution in [0.5, 0.6) is 0 Å². The second-order valence-corrected chi connectivity index (χ2v) is 12.7. The van der Waals surface area contributed by atoms with Crippen LogP contribution in [0.1, 0.15) is 32.6 Å². The Kier molecular flexibility index (Phi) is 6.83. The molecular weight excluding hydrogens is 622 g/mol. The third kappa shape index (κ3) is 3.75. The van der Waals surface area contributed by atoms with Crippen LogP contribution in [0.15, 0.2) is 140 Å². The summed E-state index contributed by atoms with van der Waals surface area (Å²) < 4.78 is 4.93. The zero-order valence-corrected chi connectivity index (χ0v) is 26.6. The minimum absolute atomic E-state index is 0.0250. The Morgan fingerprint density at radius 1 is 0.625 bits per heavy atom. The number of carbonyl (C=O) groups is 4. The lowest BCUT2D eigenvalue weighted by Crippen LogP contribution is -2.45. The highest BCUT2D eigenvalue weighted by atomic mass is 35.5. The van der Waals surface area contributed by atoms with Crippen molar-refractivity contribution >= 4 is 52.0 Å². The molecule has 5 aromatic carbocycles. The molecule has 0 unspecified atom stereocenters. The van der Waals surface area contributed by atoms with Crippen molar-refractivity contribution in [2.24, 2.45) is 11.8 Å². The fraction of sp³-hybridized carbons (Fsp3) is 0.122. The lowest BCUT2D eigenvalue weighted by Gasteiger charge is -2.39. The highest BCUT2D eigenvalue weighted by Crippen LogP contribution is 2.74. The van der Waals surface area contributed by atoms with Crippen molar-refractivity contribution in [2.75, 3.05) is 12.0 Å². The maximum atomic E-state index is 15.9. The Balaban J connectivity index is 1.51. The Bertz CT molecular complexity index is 2050. The summed E-state index contributed by atoms with van der Waals surface area (Å²) in [5.41, 5.74) is 1.47. The molecule has 48 heavy (non-hydrogen) atoms. The van der Waals surface area contributed by atoms with Crippen LogP contribution >= 0.6 is 11.6 Å². The molecule has 1 saturated heterocycles. The van der Waals surface area contributed by atoms with E-state index in [9.17, 15) is 4.79 Å². The molecule has 0 radical (unpaired) electrons. The molecule has 7 heteroatoms. The number of ether oxygens (including phenoxy) is 1. The smallest absolute Gasteiger partial charge is 0.339 e. The number of Topliss-reactive ketones (excluding diaryl/α,β-unsaturated/α-hetero) is 1. The summed E-state index contributed by atoms with van der Waals surface area (Å²) in [6.07, 6.45) is 0. The fourth-order valence-electron chi connectivity index (χ4n) is 8.51. The van der Waals surface area contributed by atoms with Crippen LogP contribution in [0, 0.1) is 11.8 Å². The summed E-state index contributed by atoms with van der Waals surface area (Å²) in [4.78, 5) is 59.9. The molecule has 0 spiro atoms. The second kappa shape index (κ2) is 11.0. The van der Waals surface area contributed by atoms with Crippen molar-refractivity contribution < 1.29 is 23.9 Å². The zero-order chi connectivity index (χ0) is 33.2. The van der Waals surface area contributed by atoms with Gasteiger partial charge in [-0.3, -0.25) is 14.4 Å². The van der Waals surface area contributed by atoms with E-state index >= 15 is 14.4 Å². The largest absolute Gasteiger partial charge is 0.465 e. The Morgan fingerprint density at radius 2 is 1.04 bits per heavy atom. The van der Waals surface area contributed by atoms with Gasteiger partial charge < -0.3 is 4.74 Å². The standard InChI is InChI=1S/C41H28ClNO5/c1-48-38(46)30-24-29(22-23-31(30)42)43-36(44)34-35(37(43)45)41(28-20-12-5-13-21-28)33(26-16-8-3-9-17-26)32(25-14-6-2-7-15-25)40(34,39(41)47)27-18-10-4-11-19-27/h2-24,34-35H,1H3/t34-,35-,40+,41+/m1/s1. The van der Waals surface area contributed by atoms with Gasteiger partial charge in [0.1, 0.15) is 0 Å². The second-order valence-electron chi connectivity index (χ2n) is 12.3. The monoisotopic (exact) mass is 649 g/mol. The van der Waals surface area contributed by atoms with Crippen LogP contribution in [0.25, 0.3) is 11.1 Å². The molecule has 5 aromatic rings. The fourth-order valence-corrected chi connectivity index (χ4v) is 8.70. The highest BCUT2D eigenvalue weighted by molar-refractivity contribution is 6.39. The maximum absolute atomic E-state index is 15.9. The average molecular weight is 650 g/mol. The molecule has 234 valence electrons. The summed E-state index contributed by atoms with van der Waals surface area (Å²) in [7, 11) is 1.24. The molecule has 1 heterocycles. The number of allylic oxidation sites excluding steroid dienone is 2. The number of imide groups is 1. The number of methoxy groups -OCH3 is 1. The van der Waals surface area contributed by atoms with Gasteiger partial charge in [-0.05, 0) is 51.6 Å². The quantitative estimate of drug-likeness (QED) is 0.142. The van der Waals surface area contributed by atoms with E-state index in [0.717, 1.165) is 16.0 Å². The summed E-state index contributed by atoms with van der Waals surface area (Å²) in [5, 5.41) is 0.126. The van der Waals surface area contributed by atoms with E-state index in [-0.39, 0.29) is 22.1 Å². The number of esters is 1. The van der Waals surface area contributed by atoms with Crippen LogP contribution in [-0.2, 0) is 30.0 Å². The molecule has 2 amide bonds. The van der Waals surface area contributed by atoms with Crippen LogP contribution in [-0.4, -0.2) is 30.7 Å². The van der Waals surface area contributed by atoms with Crippen LogP contribution in [0.3, 0.4) is 0 Å². The van der Waals surface area contributed by atoms with Crippen molar-refractivity contribution in [1.82, 2.24) is 0 Å². The minimum atomic E-state index is -1.52. The lowest BCUT2D eigenvalue weighted by molar-refractivity contribution is -0.130. The molecule has 4 atom stereocenters. The van der Waals surface area contributed by atoms with Crippen LogP contribution in [0.4, 0.5) is 5.69 Å². The molecule has 1 aliphatic heterocycles. The van der Waals surface area contributed by atoms with Gasteiger partial charge in [0.25, 0.3) is 0 Å². The minimum Gasteiger partial charge on any atom is -0.465 e. The Hall–Kier alpha value is -5.59. The molecule has 3 aliphatic rings. The summed E-state index contributed by atoms with van der Waals surface area (Å²) in [5.74, 6) is -4.09. The SMILES string of the molecule is COC(=O)c1cc(N2C(=O)[C@H]3[C@H](C2=O)[C@@]2(c4ccccc4)C(=O)[C@@]3(c3ccccc3)C(c3ccccc3)=C2c2ccccc2)ccc1Cl. The number of anilines is 1. The number of halogens is 1. The van der Waals surface area contributed by atoms with E-state index in [2.05, 4.69) is 0 Å². The van der Waals surface area contributed by atoms with Crippen molar-refractivity contribution in [3.05, 3.63) is 172 Å². The zero-order valence-electron chi connectivity index (χ0n) is 25.8. The number of hydrogen-bond acceptors (Lipinski definition) is 5. The molecule has 6 nitrogen and oxygen atoms in total. The van der Waals surface area contributed by atoms with Crippen molar-refractivity contribution in [3.63, 3.8) is 0 Å². The number of rotatable bonds is 6. The molecule has 2 aliphatic carbocycles. The van der Waals surface area contributed by atoms with E-state index in [4.69, 9.17) is 16.3 Å². The van der Waals surface area contributed by atoms with Gasteiger partial charge in [0, 0.05) is 0 Å². The van der Waals surface area contributed by atoms with E-state index in [1.165, 1.54) is 19.2 Å². The molecule has 2 bridgehead atoms. The van der Waals surface area contributed by atoms with Gasteiger partial charge in [-0.25, -0.2) is 9.69 Å². The molecular formula is C41H28ClNO5.